The summed E-state index contributed by atoms with van der Waals surface area (Å²) in [4.78, 5) is 17.9. The minimum Gasteiger partial charge on any atom is -0.481 e. The third-order valence-electron chi connectivity index (χ3n) is 2.76. The van der Waals surface area contributed by atoms with Gasteiger partial charge in [0.1, 0.15) is 0 Å². The van der Waals surface area contributed by atoms with Crippen molar-refractivity contribution in [3.8, 4) is 16.3 Å². The van der Waals surface area contributed by atoms with Crippen molar-refractivity contribution in [2.24, 2.45) is 0 Å². The molecule has 2 rings (SSSR count). The molecule has 0 saturated carbocycles. The van der Waals surface area contributed by atoms with Crippen LogP contribution in [0.4, 0.5) is 0 Å². The summed E-state index contributed by atoms with van der Waals surface area (Å²) in [5.74, 6) is 0.595. The zero-order chi connectivity index (χ0) is 14.7. The van der Waals surface area contributed by atoms with E-state index in [0.29, 0.717) is 10.8 Å². The van der Waals surface area contributed by atoms with Crippen LogP contribution in [0.25, 0.3) is 10.4 Å². The van der Waals surface area contributed by atoms with E-state index in [9.17, 15) is 4.79 Å². The Morgan fingerprint density at radius 3 is 2.75 bits per heavy atom. The summed E-state index contributed by atoms with van der Waals surface area (Å²) < 4.78 is 5.15. The van der Waals surface area contributed by atoms with Crippen LogP contribution in [-0.4, -0.2) is 24.0 Å². The number of nitrogens with zero attached hydrogens (tertiary/aromatic N) is 1. The summed E-state index contributed by atoms with van der Waals surface area (Å²) in [6, 6.07) is 5.94. The van der Waals surface area contributed by atoms with Gasteiger partial charge in [-0.3, -0.25) is 4.79 Å². The zero-order valence-electron chi connectivity index (χ0n) is 12.1. The molecule has 0 aliphatic rings. The fourth-order valence-electron chi connectivity index (χ4n) is 1.86. The van der Waals surface area contributed by atoms with Crippen LogP contribution in [0.15, 0.2) is 24.4 Å². The Bertz CT molecular complexity index is 620. The highest BCUT2D eigenvalue weighted by molar-refractivity contribution is 7.17. The van der Waals surface area contributed by atoms with E-state index in [1.54, 1.807) is 13.3 Å². The van der Waals surface area contributed by atoms with Crippen molar-refractivity contribution in [1.82, 2.24) is 10.3 Å². The summed E-state index contributed by atoms with van der Waals surface area (Å²) in [6.07, 6.45) is 1.77. The average molecular weight is 290 g/mol. The number of methoxy groups -OCH3 is 1. The molecular formula is C15H18N2O2S. The normalized spacial score (nSPS) is 10.7. The Morgan fingerprint density at radius 1 is 1.40 bits per heavy atom. The van der Waals surface area contributed by atoms with Crippen LogP contribution in [0.1, 0.15) is 29.1 Å². The number of aryl methyl sites for hydroxylation is 1. The number of amides is 1. The number of ether oxygens (including phenoxy) is 1. The van der Waals surface area contributed by atoms with E-state index in [1.165, 1.54) is 11.3 Å². The molecular weight excluding hydrogens is 272 g/mol. The quantitative estimate of drug-likeness (QED) is 0.940. The minimum atomic E-state index is -0.0329. The SMILES string of the molecule is COc1ncc(-c2ccc(C(=O)NC(C)C)s2)cc1C. The minimum absolute atomic E-state index is 0.0329. The lowest BCUT2D eigenvalue weighted by Crippen LogP contribution is -2.29. The fraction of sp³-hybridized carbons (Fsp3) is 0.333. The van der Waals surface area contributed by atoms with Gasteiger partial charge in [0.05, 0.1) is 12.0 Å². The van der Waals surface area contributed by atoms with Crippen LogP contribution >= 0.6 is 11.3 Å². The maximum Gasteiger partial charge on any atom is 0.261 e. The van der Waals surface area contributed by atoms with Crippen LogP contribution in [0.5, 0.6) is 5.88 Å². The molecule has 0 spiro atoms. The molecule has 0 bridgehead atoms. The van der Waals surface area contributed by atoms with Crippen molar-refractivity contribution in [2.45, 2.75) is 26.8 Å². The largest absolute Gasteiger partial charge is 0.481 e. The molecule has 0 radical (unpaired) electrons. The van der Waals surface area contributed by atoms with Gasteiger partial charge in [-0.2, -0.15) is 0 Å². The molecule has 0 atom stereocenters. The molecule has 0 aliphatic heterocycles. The van der Waals surface area contributed by atoms with Gasteiger partial charge in [0.15, 0.2) is 0 Å². The first-order chi connectivity index (χ1) is 9.51. The van der Waals surface area contributed by atoms with E-state index in [1.807, 2.05) is 39.0 Å². The summed E-state index contributed by atoms with van der Waals surface area (Å²) in [7, 11) is 1.61. The van der Waals surface area contributed by atoms with Gasteiger partial charge in [0.25, 0.3) is 5.91 Å². The Hall–Kier alpha value is -1.88. The second-order valence-electron chi connectivity index (χ2n) is 4.84. The van der Waals surface area contributed by atoms with Crippen LogP contribution in [0.2, 0.25) is 0 Å². The van der Waals surface area contributed by atoms with Crippen molar-refractivity contribution in [3.63, 3.8) is 0 Å². The summed E-state index contributed by atoms with van der Waals surface area (Å²) in [5, 5.41) is 2.89. The number of pyridine rings is 1. The number of carbonyl (C=O) groups excluding carboxylic acids is 1. The van der Waals surface area contributed by atoms with Crippen LogP contribution in [0.3, 0.4) is 0 Å². The molecule has 1 N–H and O–H groups in total. The molecule has 4 nitrogen and oxygen atoms in total. The average Bonchev–Trinajstić information content (AvgIpc) is 2.87. The highest BCUT2D eigenvalue weighted by atomic mass is 32.1. The lowest BCUT2D eigenvalue weighted by molar-refractivity contribution is 0.0947. The lowest BCUT2D eigenvalue weighted by Gasteiger charge is -2.06. The third kappa shape index (κ3) is 3.17. The van der Waals surface area contributed by atoms with Gasteiger partial charge in [0, 0.05) is 28.2 Å². The maximum absolute atomic E-state index is 11.9. The highest BCUT2D eigenvalue weighted by Gasteiger charge is 2.12. The Morgan fingerprint density at radius 2 is 2.15 bits per heavy atom. The number of hydrogen-bond donors (Lipinski definition) is 1. The summed E-state index contributed by atoms with van der Waals surface area (Å²) >= 11 is 1.47. The molecule has 1 amide bonds. The van der Waals surface area contributed by atoms with Crippen molar-refractivity contribution in [3.05, 3.63) is 34.8 Å². The monoisotopic (exact) mass is 290 g/mol. The second-order valence-corrected chi connectivity index (χ2v) is 5.93. The first-order valence-corrected chi connectivity index (χ1v) is 7.24. The number of aromatic nitrogens is 1. The van der Waals surface area contributed by atoms with Gasteiger partial charge in [-0.1, -0.05) is 0 Å². The lowest BCUT2D eigenvalue weighted by atomic mass is 10.2. The standard InChI is InChI=1S/C15H18N2O2S/c1-9(2)17-14(18)13-6-5-12(20-13)11-7-10(3)15(19-4)16-8-11/h5-9H,1-4H3,(H,17,18). The third-order valence-corrected chi connectivity index (χ3v) is 3.89. The molecule has 5 heteroatoms. The van der Waals surface area contributed by atoms with E-state index in [0.717, 1.165) is 16.0 Å². The number of hydrogen-bond acceptors (Lipinski definition) is 4. The number of carbonyl (C=O) groups is 1. The van der Waals surface area contributed by atoms with Crippen molar-refractivity contribution >= 4 is 17.2 Å². The predicted octanol–water partition coefficient (Wildman–Crippen LogP) is 3.27. The molecule has 2 aromatic heterocycles. The van der Waals surface area contributed by atoms with Gasteiger partial charge >= 0.3 is 0 Å². The Kier molecular flexibility index (Phi) is 4.39. The predicted molar refractivity (Wildman–Crippen MR) is 81.4 cm³/mol. The molecule has 0 aliphatic carbocycles. The van der Waals surface area contributed by atoms with E-state index in [-0.39, 0.29) is 11.9 Å². The summed E-state index contributed by atoms with van der Waals surface area (Å²) in [5.41, 5.74) is 1.98. The molecule has 0 fully saturated rings. The van der Waals surface area contributed by atoms with Crippen molar-refractivity contribution in [2.75, 3.05) is 7.11 Å². The fourth-order valence-corrected chi connectivity index (χ4v) is 2.75. The van der Waals surface area contributed by atoms with Gasteiger partial charge in [-0.25, -0.2) is 4.98 Å². The zero-order valence-corrected chi connectivity index (χ0v) is 12.9. The van der Waals surface area contributed by atoms with E-state index >= 15 is 0 Å². The Balaban J connectivity index is 2.24. The van der Waals surface area contributed by atoms with Crippen LogP contribution in [0, 0.1) is 6.92 Å². The van der Waals surface area contributed by atoms with Crippen LogP contribution in [-0.2, 0) is 0 Å². The molecule has 20 heavy (non-hydrogen) atoms. The van der Waals surface area contributed by atoms with Crippen molar-refractivity contribution in [1.29, 1.82) is 0 Å². The second kappa shape index (κ2) is 6.05. The maximum atomic E-state index is 11.9. The first kappa shape index (κ1) is 14.5. The number of thiophene rings is 1. The van der Waals surface area contributed by atoms with Gasteiger partial charge in [0.2, 0.25) is 5.88 Å². The number of nitrogens with one attached hydrogen (secondary N) is 1. The number of rotatable bonds is 4. The highest BCUT2D eigenvalue weighted by Crippen LogP contribution is 2.30. The topological polar surface area (TPSA) is 51.2 Å². The van der Waals surface area contributed by atoms with Gasteiger partial charge in [-0.05, 0) is 39.0 Å². The smallest absolute Gasteiger partial charge is 0.261 e. The molecule has 106 valence electrons. The van der Waals surface area contributed by atoms with Crippen molar-refractivity contribution < 1.29 is 9.53 Å². The van der Waals surface area contributed by atoms with E-state index in [4.69, 9.17) is 4.74 Å². The molecule has 2 heterocycles. The Labute approximate surface area is 122 Å². The van der Waals surface area contributed by atoms with Gasteiger partial charge < -0.3 is 10.1 Å². The van der Waals surface area contributed by atoms with E-state index < -0.39 is 0 Å². The first-order valence-electron chi connectivity index (χ1n) is 6.43. The van der Waals surface area contributed by atoms with Crippen LogP contribution < -0.4 is 10.1 Å². The van der Waals surface area contributed by atoms with Gasteiger partial charge in [-0.15, -0.1) is 11.3 Å². The molecule has 0 saturated heterocycles. The molecule has 0 aromatic carbocycles. The van der Waals surface area contributed by atoms with E-state index in [2.05, 4.69) is 10.3 Å². The molecule has 0 unspecified atom stereocenters. The molecule has 2 aromatic rings. The summed E-state index contributed by atoms with van der Waals surface area (Å²) in [6.45, 7) is 5.85.